The molecule has 0 saturated carbocycles. The maximum absolute atomic E-state index is 12.7. The molecule has 0 atom stereocenters. The fourth-order valence-corrected chi connectivity index (χ4v) is 2.80. The van der Waals surface area contributed by atoms with E-state index in [0.29, 0.717) is 39.2 Å². The second kappa shape index (κ2) is 7.94. The maximum Gasteiger partial charge on any atom is 0.307 e. The molecular weight excluding hydrogens is 282 g/mol. The van der Waals surface area contributed by atoms with Gasteiger partial charge in [-0.2, -0.15) is 0 Å². The van der Waals surface area contributed by atoms with Crippen molar-refractivity contribution in [2.24, 2.45) is 0 Å². The quantitative estimate of drug-likeness (QED) is 0.814. The molecule has 0 spiro atoms. The van der Waals surface area contributed by atoms with Crippen molar-refractivity contribution in [3.05, 3.63) is 35.9 Å². The standard InChI is InChI=1S/C17H23NO4/c1-2-22-15(19)8-11-18-16(20)17(9-12-21-13-10-17)14-6-4-3-5-7-14/h3-7H,2,8-13H2,1H3,(H,18,20). The van der Waals surface area contributed by atoms with E-state index in [1.165, 1.54) is 0 Å². The summed E-state index contributed by atoms with van der Waals surface area (Å²) in [4.78, 5) is 24.1. The summed E-state index contributed by atoms with van der Waals surface area (Å²) in [6.45, 7) is 3.56. The van der Waals surface area contributed by atoms with Crippen molar-refractivity contribution in [3.8, 4) is 0 Å². The Labute approximate surface area is 131 Å². The molecule has 5 nitrogen and oxygen atoms in total. The monoisotopic (exact) mass is 305 g/mol. The van der Waals surface area contributed by atoms with Crippen molar-refractivity contribution >= 4 is 11.9 Å². The number of nitrogens with one attached hydrogen (secondary N) is 1. The first-order valence-electron chi connectivity index (χ1n) is 7.76. The van der Waals surface area contributed by atoms with Gasteiger partial charge in [0.05, 0.1) is 18.4 Å². The lowest BCUT2D eigenvalue weighted by Gasteiger charge is -2.36. The number of hydrogen-bond donors (Lipinski definition) is 1. The van der Waals surface area contributed by atoms with Crippen LogP contribution in [-0.4, -0.2) is 38.2 Å². The van der Waals surface area contributed by atoms with Crippen LogP contribution < -0.4 is 5.32 Å². The molecule has 120 valence electrons. The average molecular weight is 305 g/mol. The highest BCUT2D eigenvalue weighted by Crippen LogP contribution is 2.35. The normalized spacial score (nSPS) is 16.8. The minimum atomic E-state index is -0.561. The lowest BCUT2D eigenvalue weighted by Crippen LogP contribution is -2.48. The Balaban J connectivity index is 2.03. The van der Waals surface area contributed by atoms with E-state index >= 15 is 0 Å². The van der Waals surface area contributed by atoms with Crippen LogP contribution in [0.5, 0.6) is 0 Å². The second-order valence-electron chi connectivity index (χ2n) is 5.37. The van der Waals surface area contributed by atoms with Crippen LogP contribution in [0.3, 0.4) is 0 Å². The van der Waals surface area contributed by atoms with Crippen molar-refractivity contribution in [2.75, 3.05) is 26.4 Å². The lowest BCUT2D eigenvalue weighted by molar-refractivity contribution is -0.143. The first kappa shape index (κ1) is 16.5. The Bertz CT molecular complexity index is 495. The topological polar surface area (TPSA) is 64.6 Å². The molecule has 0 unspecified atom stereocenters. The number of carbonyl (C=O) groups excluding carboxylic acids is 2. The van der Waals surface area contributed by atoms with Gasteiger partial charge in [0.2, 0.25) is 5.91 Å². The number of rotatable bonds is 6. The molecule has 0 bridgehead atoms. The van der Waals surface area contributed by atoms with Crippen molar-refractivity contribution in [3.63, 3.8) is 0 Å². The van der Waals surface area contributed by atoms with Crippen LogP contribution in [0.1, 0.15) is 31.7 Å². The van der Waals surface area contributed by atoms with E-state index in [1.807, 2.05) is 30.3 Å². The van der Waals surface area contributed by atoms with Crippen LogP contribution in [0.15, 0.2) is 30.3 Å². The smallest absolute Gasteiger partial charge is 0.307 e. The van der Waals surface area contributed by atoms with Gasteiger partial charge in [-0.15, -0.1) is 0 Å². The number of amides is 1. The Morgan fingerprint density at radius 3 is 2.55 bits per heavy atom. The molecule has 1 aliphatic heterocycles. The molecule has 1 aromatic carbocycles. The summed E-state index contributed by atoms with van der Waals surface area (Å²) >= 11 is 0. The third-order valence-electron chi connectivity index (χ3n) is 4.03. The molecule has 5 heteroatoms. The molecule has 1 amide bonds. The zero-order valence-corrected chi connectivity index (χ0v) is 13.0. The molecule has 22 heavy (non-hydrogen) atoms. The Morgan fingerprint density at radius 2 is 1.91 bits per heavy atom. The summed E-state index contributed by atoms with van der Waals surface area (Å²) in [5.41, 5.74) is 0.445. The van der Waals surface area contributed by atoms with E-state index in [0.717, 1.165) is 5.56 Å². The molecular formula is C17H23NO4. The number of carbonyl (C=O) groups is 2. The van der Waals surface area contributed by atoms with Gasteiger partial charge in [-0.1, -0.05) is 30.3 Å². The maximum atomic E-state index is 12.7. The average Bonchev–Trinajstić information content (AvgIpc) is 2.56. The summed E-state index contributed by atoms with van der Waals surface area (Å²) in [6.07, 6.45) is 1.51. The molecule has 0 aliphatic carbocycles. The third-order valence-corrected chi connectivity index (χ3v) is 4.03. The fourth-order valence-electron chi connectivity index (χ4n) is 2.80. The van der Waals surface area contributed by atoms with Gasteiger partial charge in [-0.25, -0.2) is 0 Å². The highest BCUT2D eigenvalue weighted by Gasteiger charge is 2.41. The number of hydrogen-bond acceptors (Lipinski definition) is 4. The van der Waals surface area contributed by atoms with E-state index in [-0.39, 0.29) is 18.3 Å². The number of esters is 1. The first-order valence-corrected chi connectivity index (χ1v) is 7.76. The van der Waals surface area contributed by atoms with Gasteiger partial charge in [0.15, 0.2) is 0 Å². The molecule has 0 radical (unpaired) electrons. The van der Waals surface area contributed by atoms with Crippen molar-refractivity contribution in [2.45, 2.75) is 31.6 Å². The molecule has 1 aromatic rings. The highest BCUT2D eigenvalue weighted by atomic mass is 16.5. The SMILES string of the molecule is CCOC(=O)CCNC(=O)C1(c2ccccc2)CCOCC1. The van der Waals surface area contributed by atoms with E-state index in [1.54, 1.807) is 6.92 Å². The summed E-state index contributed by atoms with van der Waals surface area (Å²) < 4.78 is 10.3. The van der Waals surface area contributed by atoms with E-state index in [2.05, 4.69) is 5.32 Å². The fraction of sp³-hybridized carbons (Fsp3) is 0.529. The second-order valence-corrected chi connectivity index (χ2v) is 5.37. The zero-order chi connectivity index (χ0) is 15.8. The van der Waals surface area contributed by atoms with Gasteiger partial charge in [0.1, 0.15) is 0 Å². The van der Waals surface area contributed by atoms with Gasteiger partial charge in [-0.05, 0) is 25.3 Å². The minimum absolute atomic E-state index is 0.0358. The highest BCUT2D eigenvalue weighted by molar-refractivity contribution is 5.88. The van der Waals surface area contributed by atoms with Crippen LogP contribution in [0.4, 0.5) is 0 Å². The largest absolute Gasteiger partial charge is 0.466 e. The third kappa shape index (κ3) is 3.85. The summed E-state index contributed by atoms with van der Waals surface area (Å²) in [5, 5.41) is 2.89. The zero-order valence-electron chi connectivity index (χ0n) is 13.0. The van der Waals surface area contributed by atoms with E-state index in [9.17, 15) is 9.59 Å². The van der Waals surface area contributed by atoms with Crippen LogP contribution >= 0.6 is 0 Å². The van der Waals surface area contributed by atoms with Crippen molar-refractivity contribution in [1.29, 1.82) is 0 Å². The predicted molar refractivity (Wildman–Crippen MR) is 82.4 cm³/mol. The van der Waals surface area contributed by atoms with Crippen LogP contribution in [0, 0.1) is 0 Å². The molecule has 1 N–H and O–H groups in total. The molecule has 1 fully saturated rings. The van der Waals surface area contributed by atoms with Gasteiger partial charge >= 0.3 is 5.97 Å². The molecule has 2 rings (SSSR count). The van der Waals surface area contributed by atoms with Gasteiger partial charge in [-0.3, -0.25) is 9.59 Å². The molecule has 1 aliphatic rings. The summed E-state index contributed by atoms with van der Waals surface area (Å²) in [7, 11) is 0. The van der Waals surface area contributed by atoms with Crippen LogP contribution in [0.25, 0.3) is 0 Å². The molecule has 0 aromatic heterocycles. The van der Waals surface area contributed by atoms with Gasteiger partial charge < -0.3 is 14.8 Å². The van der Waals surface area contributed by atoms with Crippen LogP contribution in [0.2, 0.25) is 0 Å². The van der Waals surface area contributed by atoms with Crippen molar-refractivity contribution < 1.29 is 19.1 Å². The Kier molecular flexibility index (Phi) is 5.95. The number of benzene rings is 1. The Morgan fingerprint density at radius 1 is 1.23 bits per heavy atom. The van der Waals surface area contributed by atoms with E-state index in [4.69, 9.17) is 9.47 Å². The number of ether oxygens (including phenoxy) is 2. The lowest BCUT2D eigenvalue weighted by atomic mass is 9.73. The predicted octanol–water partition coefficient (Wildman–Crippen LogP) is 1.80. The summed E-state index contributed by atoms with van der Waals surface area (Å²) in [5.74, 6) is -0.324. The Hall–Kier alpha value is -1.88. The van der Waals surface area contributed by atoms with Crippen molar-refractivity contribution in [1.82, 2.24) is 5.32 Å². The molecule has 1 saturated heterocycles. The minimum Gasteiger partial charge on any atom is -0.466 e. The first-order chi connectivity index (χ1) is 10.7. The van der Waals surface area contributed by atoms with E-state index < -0.39 is 5.41 Å². The van der Waals surface area contributed by atoms with Gasteiger partial charge in [0, 0.05) is 19.8 Å². The molecule has 1 heterocycles. The summed E-state index contributed by atoms with van der Waals surface area (Å²) in [6, 6.07) is 9.79. The van der Waals surface area contributed by atoms with Crippen LogP contribution in [-0.2, 0) is 24.5 Å². The van der Waals surface area contributed by atoms with Gasteiger partial charge in [0.25, 0.3) is 0 Å².